The zero-order chi connectivity index (χ0) is 13.0. The second-order valence-electron chi connectivity index (χ2n) is 3.90. The molecule has 0 fully saturated rings. The molecule has 0 saturated heterocycles. The number of aliphatic hydroxyl groups excluding tert-OH is 1. The van der Waals surface area contributed by atoms with Gasteiger partial charge < -0.3 is 5.11 Å². The fraction of sp³-hybridized carbons (Fsp3) is 0.417. The first-order valence-electron chi connectivity index (χ1n) is 5.37. The van der Waals surface area contributed by atoms with Gasteiger partial charge in [-0.2, -0.15) is 5.26 Å². The van der Waals surface area contributed by atoms with E-state index in [1.807, 2.05) is 13.0 Å². The third-order valence-corrected chi connectivity index (χ3v) is 2.85. The number of nitro benzene ring substituents is 1. The van der Waals surface area contributed by atoms with Gasteiger partial charge in [-0.1, -0.05) is 19.9 Å². The molecular formula is C12H14N2O3. The molecule has 0 radical (unpaired) electrons. The lowest BCUT2D eigenvalue weighted by atomic mass is 9.90. The van der Waals surface area contributed by atoms with E-state index in [-0.39, 0.29) is 17.2 Å². The maximum atomic E-state index is 10.6. The minimum Gasteiger partial charge on any atom is -0.393 e. The van der Waals surface area contributed by atoms with Crippen molar-refractivity contribution in [1.82, 2.24) is 0 Å². The Kier molecular flexibility index (Phi) is 4.18. The highest BCUT2D eigenvalue weighted by Crippen LogP contribution is 2.27. The summed E-state index contributed by atoms with van der Waals surface area (Å²) in [6.07, 6.45) is 0.0202. The average Bonchev–Trinajstić information content (AvgIpc) is 2.35. The van der Waals surface area contributed by atoms with Gasteiger partial charge in [0.25, 0.3) is 5.69 Å². The third kappa shape index (κ3) is 2.80. The highest BCUT2D eigenvalue weighted by atomic mass is 16.6. The number of hydrogen-bond donors (Lipinski definition) is 1. The molecule has 0 aliphatic rings. The Bertz CT molecular complexity index is 465. The van der Waals surface area contributed by atoms with Gasteiger partial charge in [-0.25, -0.2) is 0 Å². The largest absolute Gasteiger partial charge is 0.393 e. The molecule has 1 N–H and O–H groups in total. The molecule has 1 rings (SSSR count). The van der Waals surface area contributed by atoms with Crippen LogP contribution in [0.4, 0.5) is 5.69 Å². The molecule has 1 aromatic rings. The van der Waals surface area contributed by atoms with Crippen molar-refractivity contribution >= 4 is 5.69 Å². The summed E-state index contributed by atoms with van der Waals surface area (Å²) >= 11 is 0. The van der Waals surface area contributed by atoms with E-state index in [1.165, 1.54) is 12.1 Å². The zero-order valence-electron chi connectivity index (χ0n) is 9.75. The van der Waals surface area contributed by atoms with E-state index in [0.717, 1.165) is 0 Å². The van der Waals surface area contributed by atoms with Crippen molar-refractivity contribution in [3.05, 3.63) is 39.4 Å². The quantitative estimate of drug-likeness (QED) is 0.639. The maximum Gasteiger partial charge on any atom is 0.270 e. The summed E-state index contributed by atoms with van der Waals surface area (Å²) in [6.45, 7) is 3.65. The molecule has 0 heterocycles. The van der Waals surface area contributed by atoms with Crippen LogP contribution in [0.2, 0.25) is 0 Å². The van der Waals surface area contributed by atoms with Crippen molar-refractivity contribution in [3.63, 3.8) is 0 Å². The Morgan fingerprint density at radius 2 is 2.24 bits per heavy atom. The molecule has 2 unspecified atom stereocenters. The summed E-state index contributed by atoms with van der Waals surface area (Å²) in [6, 6.07) is 6.08. The van der Waals surface area contributed by atoms with Gasteiger partial charge in [0.05, 0.1) is 22.7 Å². The van der Waals surface area contributed by atoms with Crippen LogP contribution in [0.3, 0.4) is 0 Å². The molecule has 17 heavy (non-hydrogen) atoms. The summed E-state index contributed by atoms with van der Waals surface area (Å²) in [4.78, 5) is 10.1. The fourth-order valence-corrected chi connectivity index (χ4v) is 1.71. The smallest absolute Gasteiger partial charge is 0.270 e. The van der Waals surface area contributed by atoms with Gasteiger partial charge in [-0.3, -0.25) is 10.1 Å². The summed E-state index contributed by atoms with van der Waals surface area (Å²) in [7, 11) is 0. The van der Waals surface area contributed by atoms with Crippen LogP contribution in [0.15, 0.2) is 18.2 Å². The summed E-state index contributed by atoms with van der Waals surface area (Å²) in [5.74, 6) is -0.213. The normalized spacial score (nSPS) is 13.8. The van der Waals surface area contributed by atoms with Gasteiger partial charge in [0.2, 0.25) is 0 Å². The average molecular weight is 234 g/mol. The molecule has 0 bridgehead atoms. The van der Waals surface area contributed by atoms with E-state index in [4.69, 9.17) is 5.26 Å². The lowest BCUT2D eigenvalue weighted by molar-refractivity contribution is -0.384. The highest BCUT2D eigenvalue weighted by Gasteiger charge is 2.19. The lowest BCUT2D eigenvalue weighted by Crippen LogP contribution is -2.15. The number of nitro groups is 1. The number of rotatable bonds is 4. The summed E-state index contributed by atoms with van der Waals surface area (Å²) < 4.78 is 0. The molecule has 5 nitrogen and oxygen atoms in total. The number of non-ortho nitro benzene ring substituents is 1. The first-order valence-corrected chi connectivity index (χ1v) is 5.37. The van der Waals surface area contributed by atoms with Crippen LogP contribution < -0.4 is 0 Å². The minimum absolute atomic E-state index is 0.108. The van der Waals surface area contributed by atoms with E-state index >= 15 is 0 Å². The molecule has 0 aliphatic carbocycles. The van der Waals surface area contributed by atoms with Crippen molar-refractivity contribution < 1.29 is 10.0 Å². The molecule has 5 heteroatoms. The first-order chi connectivity index (χ1) is 8.01. The lowest BCUT2D eigenvalue weighted by Gasteiger charge is -2.18. The number of nitriles is 1. The monoisotopic (exact) mass is 234 g/mol. The Labute approximate surface area is 99.5 Å². The molecule has 0 spiro atoms. The molecular weight excluding hydrogens is 220 g/mol. The Morgan fingerprint density at radius 3 is 2.71 bits per heavy atom. The third-order valence-electron chi connectivity index (χ3n) is 2.85. The van der Waals surface area contributed by atoms with Crippen molar-refractivity contribution in [3.8, 4) is 6.07 Å². The van der Waals surface area contributed by atoms with Crippen LogP contribution in [0.1, 0.15) is 37.3 Å². The van der Waals surface area contributed by atoms with Crippen LogP contribution in [0.5, 0.6) is 0 Å². The van der Waals surface area contributed by atoms with Gasteiger partial charge in [0.15, 0.2) is 0 Å². The minimum atomic E-state index is -0.552. The van der Waals surface area contributed by atoms with Gasteiger partial charge in [-0.15, -0.1) is 0 Å². The maximum absolute atomic E-state index is 10.6. The number of hydrogen-bond acceptors (Lipinski definition) is 4. The van der Waals surface area contributed by atoms with E-state index < -0.39 is 11.0 Å². The molecule has 1 aromatic carbocycles. The van der Waals surface area contributed by atoms with Crippen LogP contribution in [0.25, 0.3) is 0 Å². The zero-order valence-corrected chi connectivity index (χ0v) is 9.75. The number of nitrogens with zero attached hydrogens (tertiary/aromatic N) is 2. The second-order valence-corrected chi connectivity index (χ2v) is 3.90. The van der Waals surface area contributed by atoms with E-state index in [2.05, 4.69) is 0 Å². The van der Waals surface area contributed by atoms with Crippen LogP contribution in [0, 0.1) is 21.4 Å². The van der Waals surface area contributed by atoms with Gasteiger partial charge >= 0.3 is 0 Å². The van der Waals surface area contributed by atoms with Crippen LogP contribution >= 0.6 is 0 Å². The van der Waals surface area contributed by atoms with Gasteiger partial charge in [0, 0.05) is 18.1 Å². The highest BCUT2D eigenvalue weighted by molar-refractivity contribution is 5.47. The molecule has 90 valence electrons. The van der Waals surface area contributed by atoms with E-state index in [0.29, 0.717) is 12.0 Å². The van der Waals surface area contributed by atoms with Gasteiger partial charge in [0.1, 0.15) is 0 Å². The Morgan fingerprint density at radius 1 is 1.59 bits per heavy atom. The predicted octanol–water partition coefficient (Wildman–Crippen LogP) is 2.34. The SMILES string of the molecule is CCC(O)C(C)c1ccc([N+](=O)[O-])cc1C#N. The van der Waals surface area contributed by atoms with Crippen LogP contribution in [-0.2, 0) is 0 Å². The molecule has 0 aliphatic heterocycles. The van der Waals surface area contributed by atoms with Crippen molar-refractivity contribution in [2.75, 3.05) is 0 Å². The summed E-state index contributed by atoms with van der Waals surface area (Å²) in [5.41, 5.74) is 0.787. The predicted molar refractivity (Wildman–Crippen MR) is 62.5 cm³/mol. The van der Waals surface area contributed by atoms with Crippen molar-refractivity contribution in [1.29, 1.82) is 5.26 Å². The van der Waals surface area contributed by atoms with E-state index in [9.17, 15) is 15.2 Å². The molecule has 0 saturated carbocycles. The van der Waals surface area contributed by atoms with E-state index in [1.54, 1.807) is 13.0 Å². The summed E-state index contributed by atoms with van der Waals surface area (Å²) in [5, 5.41) is 29.3. The number of benzene rings is 1. The fourth-order valence-electron chi connectivity index (χ4n) is 1.71. The standard InChI is InChI=1S/C12H14N2O3/c1-3-12(15)8(2)11-5-4-10(14(16)17)6-9(11)7-13/h4-6,8,12,15H,3H2,1-2H3. The second kappa shape index (κ2) is 5.41. The topological polar surface area (TPSA) is 87.2 Å². The molecule has 2 atom stereocenters. The van der Waals surface area contributed by atoms with Crippen molar-refractivity contribution in [2.45, 2.75) is 32.3 Å². The van der Waals surface area contributed by atoms with Crippen LogP contribution in [-0.4, -0.2) is 16.1 Å². The first kappa shape index (κ1) is 13.1. The van der Waals surface area contributed by atoms with Crippen molar-refractivity contribution in [2.24, 2.45) is 0 Å². The number of aliphatic hydroxyl groups is 1. The Balaban J connectivity index is 3.18. The molecule has 0 aromatic heterocycles. The van der Waals surface area contributed by atoms with Gasteiger partial charge in [-0.05, 0) is 12.0 Å². The Hall–Kier alpha value is -1.93. The molecule has 0 amide bonds.